The summed E-state index contributed by atoms with van der Waals surface area (Å²) in [6.07, 6.45) is -3.81. The molecular weight excluding hydrogens is 313 g/mol. The average molecular weight is 326 g/mol. The third-order valence-electron chi connectivity index (χ3n) is 2.00. The summed E-state index contributed by atoms with van der Waals surface area (Å²) < 4.78 is 42.3. The molecule has 1 aromatic heterocycles. The lowest BCUT2D eigenvalue weighted by Gasteiger charge is -2.10. The summed E-state index contributed by atoms with van der Waals surface area (Å²) in [5.41, 5.74) is -0.505. The quantitative estimate of drug-likeness (QED) is 0.608. The van der Waals surface area contributed by atoms with Crippen molar-refractivity contribution in [1.29, 1.82) is 0 Å². The van der Waals surface area contributed by atoms with Gasteiger partial charge in [-0.3, -0.25) is 9.47 Å². The van der Waals surface area contributed by atoms with Gasteiger partial charge in [-0.25, -0.2) is 9.59 Å². The Morgan fingerprint density at radius 1 is 1.41 bits per heavy atom. The summed E-state index contributed by atoms with van der Waals surface area (Å²) in [5, 5.41) is 7.12. The van der Waals surface area contributed by atoms with Gasteiger partial charge in [0.15, 0.2) is 11.4 Å². The van der Waals surface area contributed by atoms with Crippen molar-refractivity contribution < 1.29 is 37.3 Å². The number of alkyl halides is 3. The van der Waals surface area contributed by atoms with Crippen LogP contribution in [-0.4, -0.2) is 41.6 Å². The molecule has 11 heteroatoms. The Bertz CT molecular complexity index is 596. The van der Waals surface area contributed by atoms with Crippen molar-refractivity contribution in [1.82, 2.24) is 4.68 Å². The van der Waals surface area contributed by atoms with E-state index in [1.54, 1.807) is 6.92 Å². The van der Waals surface area contributed by atoms with Crippen LogP contribution < -0.4 is 16.0 Å². The van der Waals surface area contributed by atoms with Crippen LogP contribution in [-0.2, 0) is 9.53 Å². The second-order valence-corrected chi connectivity index (χ2v) is 3.49. The number of aliphatic carboxylic acids is 1. The van der Waals surface area contributed by atoms with Crippen LogP contribution in [0.25, 0.3) is 0 Å². The third-order valence-corrected chi connectivity index (χ3v) is 2.00. The first-order valence-corrected chi connectivity index (χ1v) is 5.58. The van der Waals surface area contributed by atoms with Crippen molar-refractivity contribution in [3.8, 4) is 5.75 Å². The molecule has 1 heterocycles. The number of rotatable bonds is 3. The van der Waals surface area contributed by atoms with Crippen molar-refractivity contribution >= 4 is 11.9 Å². The monoisotopic (exact) mass is 326 g/mol. The highest BCUT2D eigenvalue weighted by atomic mass is 19.4. The zero-order chi connectivity index (χ0) is 17.5. The van der Waals surface area contributed by atoms with Gasteiger partial charge >= 0.3 is 18.1 Å². The smallest absolute Gasteiger partial charge is 0.490 e. The molecule has 1 aromatic rings. The Morgan fingerprint density at radius 2 is 1.91 bits per heavy atom. The van der Waals surface area contributed by atoms with Gasteiger partial charge in [0.05, 0.1) is 13.7 Å². The second kappa shape index (κ2) is 7.90. The first-order chi connectivity index (χ1) is 10.1. The van der Waals surface area contributed by atoms with Crippen LogP contribution in [0.5, 0.6) is 5.75 Å². The van der Waals surface area contributed by atoms with Gasteiger partial charge in [-0.2, -0.15) is 13.2 Å². The van der Waals surface area contributed by atoms with Crippen LogP contribution in [0.4, 0.5) is 13.2 Å². The Hall–Kier alpha value is -2.72. The van der Waals surface area contributed by atoms with E-state index >= 15 is 0 Å². The summed E-state index contributed by atoms with van der Waals surface area (Å²) in [4.78, 5) is 31.7. The molecule has 0 saturated heterocycles. The molecule has 1 rings (SSSR count). The Kier molecular flexibility index (Phi) is 6.93. The number of esters is 1. The number of carboxylic acid groups (broad SMARTS) is 1. The highest BCUT2D eigenvalue weighted by Crippen LogP contribution is 2.13. The standard InChI is InChI=1S/C9H12N2O4.C2HF3O2/c1-3-15-9(13)7-8(14-2)6(12)4-5-11(7)10;3-2(4,5)1(6)7/h4-5H,3,10H2,1-2H3;(H,6,7). The molecule has 0 atom stereocenters. The van der Waals surface area contributed by atoms with Crippen LogP contribution in [0.2, 0.25) is 0 Å². The number of carboxylic acids is 1. The van der Waals surface area contributed by atoms with E-state index in [1.807, 2.05) is 0 Å². The first kappa shape index (κ1) is 19.3. The van der Waals surface area contributed by atoms with Gasteiger partial charge in [-0.05, 0) is 6.92 Å². The largest absolute Gasteiger partial charge is 0.490 e. The lowest BCUT2D eigenvalue weighted by atomic mass is 10.3. The number of ether oxygens (including phenoxy) is 2. The molecule has 0 spiro atoms. The van der Waals surface area contributed by atoms with Crippen LogP contribution >= 0.6 is 0 Å². The van der Waals surface area contributed by atoms with E-state index in [1.165, 1.54) is 19.4 Å². The zero-order valence-corrected chi connectivity index (χ0v) is 11.5. The Labute approximate surface area is 121 Å². The number of carbonyl (C=O) groups is 2. The van der Waals surface area contributed by atoms with E-state index < -0.39 is 23.5 Å². The number of halogens is 3. The normalized spacial score (nSPS) is 10.2. The zero-order valence-electron chi connectivity index (χ0n) is 11.5. The number of nitrogens with two attached hydrogens (primary N) is 1. The lowest BCUT2D eigenvalue weighted by Crippen LogP contribution is -2.25. The van der Waals surface area contributed by atoms with Crippen LogP contribution in [0.1, 0.15) is 17.4 Å². The number of nitrogen functional groups attached to an aromatic ring is 1. The van der Waals surface area contributed by atoms with Crippen molar-refractivity contribution in [2.75, 3.05) is 19.6 Å². The molecule has 0 aliphatic carbocycles. The summed E-state index contributed by atoms with van der Waals surface area (Å²) in [7, 11) is 1.29. The molecule has 0 radical (unpaired) electrons. The van der Waals surface area contributed by atoms with E-state index in [-0.39, 0.29) is 18.1 Å². The summed E-state index contributed by atoms with van der Waals surface area (Å²) in [5.74, 6) is 1.94. The highest BCUT2D eigenvalue weighted by Gasteiger charge is 2.38. The van der Waals surface area contributed by atoms with Gasteiger partial charge in [0.1, 0.15) is 0 Å². The molecule has 8 nitrogen and oxygen atoms in total. The number of methoxy groups -OCH3 is 1. The number of carbonyl (C=O) groups excluding carboxylic acids is 1. The number of pyridine rings is 1. The van der Waals surface area contributed by atoms with E-state index in [9.17, 15) is 22.8 Å². The van der Waals surface area contributed by atoms with Crippen molar-refractivity contribution in [3.05, 3.63) is 28.2 Å². The highest BCUT2D eigenvalue weighted by molar-refractivity contribution is 5.90. The number of hydrogen-bond donors (Lipinski definition) is 2. The first-order valence-electron chi connectivity index (χ1n) is 5.58. The molecule has 22 heavy (non-hydrogen) atoms. The molecule has 124 valence electrons. The fourth-order valence-electron chi connectivity index (χ4n) is 1.13. The van der Waals surface area contributed by atoms with Gasteiger partial charge in [0.2, 0.25) is 5.43 Å². The van der Waals surface area contributed by atoms with Gasteiger partial charge in [0, 0.05) is 12.3 Å². The second-order valence-electron chi connectivity index (χ2n) is 3.49. The molecule has 0 unspecified atom stereocenters. The van der Waals surface area contributed by atoms with E-state index in [2.05, 4.69) is 0 Å². The van der Waals surface area contributed by atoms with Crippen molar-refractivity contribution in [3.63, 3.8) is 0 Å². The third kappa shape index (κ3) is 5.34. The molecule has 0 saturated carbocycles. The minimum Gasteiger partial charge on any atom is -0.490 e. The van der Waals surface area contributed by atoms with E-state index in [4.69, 9.17) is 25.2 Å². The van der Waals surface area contributed by atoms with Crippen molar-refractivity contribution in [2.24, 2.45) is 0 Å². The maximum Gasteiger partial charge on any atom is 0.490 e. The van der Waals surface area contributed by atoms with E-state index in [0.29, 0.717) is 0 Å². The van der Waals surface area contributed by atoms with Crippen LogP contribution in [0, 0.1) is 0 Å². The molecule has 0 aliphatic rings. The van der Waals surface area contributed by atoms with Gasteiger partial charge in [-0.15, -0.1) is 0 Å². The Morgan fingerprint density at radius 3 is 2.27 bits per heavy atom. The Balaban J connectivity index is 0.000000534. The maximum atomic E-state index is 11.5. The fourth-order valence-corrected chi connectivity index (χ4v) is 1.13. The molecule has 0 fully saturated rings. The lowest BCUT2D eigenvalue weighted by molar-refractivity contribution is -0.192. The SMILES string of the molecule is CCOC(=O)c1c(OC)c(=O)ccn1N.O=C(O)C(F)(F)F. The molecule has 0 aliphatic heterocycles. The van der Waals surface area contributed by atoms with Gasteiger partial charge < -0.3 is 20.4 Å². The number of hydrogen-bond acceptors (Lipinski definition) is 6. The summed E-state index contributed by atoms with van der Waals surface area (Å²) >= 11 is 0. The number of nitrogens with zero attached hydrogens (tertiary/aromatic N) is 1. The number of aromatic nitrogens is 1. The summed E-state index contributed by atoms with van der Waals surface area (Å²) in [6.45, 7) is 1.86. The minimum absolute atomic E-state index is 0.0909. The summed E-state index contributed by atoms with van der Waals surface area (Å²) in [6, 6.07) is 1.21. The molecule has 3 N–H and O–H groups in total. The molecule has 0 amide bonds. The van der Waals surface area contributed by atoms with Gasteiger partial charge in [0.25, 0.3) is 0 Å². The predicted molar refractivity (Wildman–Crippen MR) is 67.1 cm³/mol. The topological polar surface area (TPSA) is 121 Å². The minimum atomic E-state index is -5.08. The van der Waals surface area contributed by atoms with Crippen molar-refractivity contribution in [2.45, 2.75) is 13.1 Å². The van der Waals surface area contributed by atoms with Crippen LogP contribution in [0.3, 0.4) is 0 Å². The maximum absolute atomic E-state index is 11.5. The van der Waals surface area contributed by atoms with Crippen LogP contribution in [0.15, 0.2) is 17.1 Å². The molecule has 0 bridgehead atoms. The molecule has 0 aromatic carbocycles. The van der Waals surface area contributed by atoms with Gasteiger partial charge in [-0.1, -0.05) is 0 Å². The fraction of sp³-hybridized carbons (Fsp3) is 0.364. The van der Waals surface area contributed by atoms with E-state index in [0.717, 1.165) is 4.68 Å². The molecular formula is C11H13F3N2O6. The average Bonchev–Trinajstić information content (AvgIpc) is 2.40. The predicted octanol–water partition coefficient (Wildman–Crippen LogP) is 0.381.